The minimum Gasteiger partial charge on any atom is -0.164 e. The summed E-state index contributed by atoms with van der Waals surface area (Å²) in [6.07, 6.45) is 2.17. The van der Waals surface area contributed by atoms with Gasteiger partial charge in [-0.25, -0.2) is 0 Å². The van der Waals surface area contributed by atoms with Gasteiger partial charge >= 0.3 is 0 Å². The van der Waals surface area contributed by atoms with Crippen LogP contribution in [0, 0.1) is 0 Å². The van der Waals surface area contributed by atoms with Crippen LogP contribution >= 0.6 is 33.3 Å². The van der Waals surface area contributed by atoms with Gasteiger partial charge < -0.3 is 0 Å². The summed E-state index contributed by atoms with van der Waals surface area (Å²) in [5.41, 5.74) is 0. The van der Waals surface area contributed by atoms with Crippen LogP contribution in [0.4, 0.5) is 0 Å². The number of thioether (sulfide) groups is 1. The summed E-state index contributed by atoms with van der Waals surface area (Å²) in [7, 11) is 4.01. The van der Waals surface area contributed by atoms with Crippen molar-refractivity contribution in [3.8, 4) is 0 Å². The van der Waals surface area contributed by atoms with Gasteiger partial charge in [-0.1, -0.05) is 21.6 Å². The quantitative estimate of drug-likeness (QED) is 0.556. The van der Waals surface area contributed by atoms with E-state index in [-0.39, 0.29) is 0 Å². The van der Waals surface area contributed by atoms with Crippen LogP contribution in [0.1, 0.15) is 0 Å². The standard InChI is InChI=1S/C4H8S3/c1-5-2-4-3-6-7-4/h4H,2-3H2,1H3. The zero-order chi connectivity index (χ0) is 5.11. The van der Waals surface area contributed by atoms with E-state index in [0.29, 0.717) is 0 Å². The summed E-state index contributed by atoms with van der Waals surface area (Å²) in [5.74, 6) is 2.73. The third kappa shape index (κ3) is 1.78. The first-order valence-corrected chi connectivity index (χ1v) is 5.98. The first-order valence-electron chi connectivity index (χ1n) is 2.20. The fourth-order valence-electron chi connectivity index (χ4n) is 0.426. The van der Waals surface area contributed by atoms with Crippen molar-refractivity contribution < 1.29 is 0 Å². The molecule has 0 N–H and O–H groups in total. The molecule has 0 saturated carbocycles. The second kappa shape index (κ2) is 3.15. The number of hydrogen-bond donors (Lipinski definition) is 0. The Balaban J connectivity index is 1.93. The molecule has 7 heavy (non-hydrogen) atoms. The van der Waals surface area contributed by atoms with Crippen LogP contribution in [0.2, 0.25) is 0 Å². The van der Waals surface area contributed by atoms with Gasteiger partial charge in [0.15, 0.2) is 0 Å². The molecule has 0 aromatic rings. The van der Waals surface area contributed by atoms with E-state index >= 15 is 0 Å². The molecule has 0 bridgehead atoms. The summed E-state index contributed by atoms with van der Waals surface area (Å²) in [4.78, 5) is 0. The molecule has 42 valence electrons. The van der Waals surface area contributed by atoms with Crippen molar-refractivity contribution in [2.75, 3.05) is 17.8 Å². The van der Waals surface area contributed by atoms with E-state index in [9.17, 15) is 0 Å². The van der Waals surface area contributed by atoms with Crippen molar-refractivity contribution in [2.24, 2.45) is 0 Å². The van der Waals surface area contributed by atoms with E-state index in [2.05, 4.69) is 6.26 Å². The summed E-state index contributed by atoms with van der Waals surface area (Å²) in [6, 6.07) is 0. The zero-order valence-electron chi connectivity index (χ0n) is 4.22. The maximum atomic E-state index is 2.17. The first kappa shape index (κ1) is 6.17. The third-order valence-electron chi connectivity index (χ3n) is 0.811. The van der Waals surface area contributed by atoms with Crippen LogP contribution in [0.25, 0.3) is 0 Å². The topological polar surface area (TPSA) is 0 Å². The van der Waals surface area contributed by atoms with Crippen molar-refractivity contribution in [1.29, 1.82) is 0 Å². The lowest BCUT2D eigenvalue weighted by molar-refractivity contribution is 1.15. The maximum absolute atomic E-state index is 2.17. The van der Waals surface area contributed by atoms with Crippen molar-refractivity contribution in [3.63, 3.8) is 0 Å². The van der Waals surface area contributed by atoms with Crippen LogP contribution in [0.5, 0.6) is 0 Å². The summed E-state index contributed by atoms with van der Waals surface area (Å²) >= 11 is 1.95. The van der Waals surface area contributed by atoms with Gasteiger partial charge in [-0.15, -0.1) is 0 Å². The largest absolute Gasteiger partial charge is 0.164 e. The second-order valence-electron chi connectivity index (χ2n) is 1.46. The van der Waals surface area contributed by atoms with Gasteiger partial charge in [0.1, 0.15) is 0 Å². The minimum absolute atomic E-state index is 0.972. The average Bonchev–Trinajstić information content (AvgIpc) is 1.55. The molecule has 0 spiro atoms. The van der Waals surface area contributed by atoms with E-state index in [1.54, 1.807) is 0 Å². The molecule has 0 amide bonds. The van der Waals surface area contributed by atoms with Crippen LogP contribution in [-0.2, 0) is 0 Å². The fourth-order valence-corrected chi connectivity index (χ4v) is 3.63. The highest BCUT2D eigenvalue weighted by atomic mass is 33.1. The molecular weight excluding hydrogens is 144 g/mol. The molecule has 1 rings (SSSR count). The summed E-state index contributed by atoms with van der Waals surface area (Å²) in [6.45, 7) is 0. The van der Waals surface area contributed by atoms with E-state index in [1.165, 1.54) is 11.5 Å². The molecule has 0 aromatic carbocycles. The SMILES string of the molecule is CSCC1CSS1. The zero-order valence-corrected chi connectivity index (χ0v) is 6.67. The van der Waals surface area contributed by atoms with Crippen LogP contribution in [0.15, 0.2) is 0 Å². The molecule has 0 aliphatic carbocycles. The first-order chi connectivity index (χ1) is 3.43. The van der Waals surface area contributed by atoms with Crippen LogP contribution in [0.3, 0.4) is 0 Å². The predicted octanol–water partition coefficient (Wildman–Crippen LogP) is 2.11. The number of hydrogen-bond acceptors (Lipinski definition) is 3. The van der Waals surface area contributed by atoms with E-state index in [1.807, 2.05) is 33.3 Å². The monoisotopic (exact) mass is 152 g/mol. The normalized spacial score (nSPS) is 29.6. The van der Waals surface area contributed by atoms with Crippen molar-refractivity contribution >= 4 is 33.3 Å². The Morgan fingerprint density at radius 1 is 1.86 bits per heavy atom. The van der Waals surface area contributed by atoms with Gasteiger partial charge in [-0.2, -0.15) is 11.8 Å². The smallest absolute Gasteiger partial charge is 0.0340 e. The summed E-state index contributed by atoms with van der Waals surface area (Å²) < 4.78 is 0. The molecule has 1 unspecified atom stereocenters. The molecule has 0 nitrogen and oxygen atoms in total. The third-order valence-corrected chi connectivity index (χ3v) is 4.88. The lowest BCUT2D eigenvalue weighted by atomic mass is 10.5. The highest BCUT2D eigenvalue weighted by Gasteiger charge is 2.17. The van der Waals surface area contributed by atoms with Gasteiger partial charge in [0.25, 0.3) is 0 Å². The van der Waals surface area contributed by atoms with Crippen LogP contribution in [-0.4, -0.2) is 23.0 Å². The Morgan fingerprint density at radius 3 is 2.71 bits per heavy atom. The van der Waals surface area contributed by atoms with Gasteiger partial charge in [0, 0.05) is 16.8 Å². The van der Waals surface area contributed by atoms with Gasteiger partial charge in [0.05, 0.1) is 0 Å². The Bertz CT molecular complexity index is 50.9. The lowest BCUT2D eigenvalue weighted by Crippen LogP contribution is -2.14. The molecule has 1 atom stereocenters. The Kier molecular flexibility index (Phi) is 2.78. The van der Waals surface area contributed by atoms with Crippen molar-refractivity contribution in [2.45, 2.75) is 5.25 Å². The molecule has 1 aliphatic heterocycles. The van der Waals surface area contributed by atoms with Gasteiger partial charge in [0.2, 0.25) is 0 Å². The van der Waals surface area contributed by atoms with Crippen molar-refractivity contribution in [3.05, 3.63) is 0 Å². The summed E-state index contributed by atoms with van der Waals surface area (Å²) in [5, 5.41) is 0.972. The molecule has 0 radical (unpaired) electrons. The van der Waals surface area contributed by atoms with Crippen molar-refractivity contribution in [1.82, 2.24) is 0 Å². The van der Waals surface area contributed by atoms with E-state index in [4.69, 9.17) is 0 Å². The molecular formula is C4H8S3. The predicted molar refractivity (Wildman–Crippen MR) is 42.2 cm³/mol. The molecule has 1 heterocycles. The van der Waals surface area contributed by atoms with E-state index in [0.717, 1.165) is 5.25 Å². The fraction of sp³-hybridized carbons (Fsp3) is 1.00. The van der Waals surface area contributed by atoms with Gasteiger partial charge in [-0.05, 0) is 6.26 Å². The highest BCUT2D eigenvalue weighted by Crippen LogP contribution is 2.41. The minimum atomic E-state index is 0.972. The van der Waals surface area contributed by atoms with E-state index < -0.39 is 0 Å². The van der Waals surface area contributed by atoms with Crippen LogP contribution < -0.4 is 0 Å². The number of rotatable bonds is 2. The molecule has 1 fully saturated rings. The molecule has 1 saturated heterocycles. The Labute approximate surface area is 56.6 Å². The average molecular weight is 152 g/mol. The highest BCUT2D eigenvalue weighted by molar-refractivity contribution is 8.79. The maximum Gasteiger partial charge on any atom is 0.0340 e. The Hall–Kier alpha value is 1.05. The second-order valence-corrected chi connectivity index (χ2v) is 5.08. The lowest BCUT2D eigenvalue weighted by Gasteiger charge is -2.21. The molecule has 3 heteroatoms. The molecule has 0 aromatic heterocycles. The Morgan fingerprint density at radius 2 is 2.57 bits per heavy atom. The molecule has 1 aliphatic rings. The van der Waals surface area contributed by atoms with Gasteiger partial charge in [-0.3, -0.25) is 0 Å².